The van der Waals surface area contributed by atoms with Crippen molar-refractivity contribution in [2.45, 2.75) is 11.3 Å². The Labute approximate surface area is 126 Å². The highest BCUT2D eigenvalue weighted by Gasteiger charge is 2.23. The van der Waals surface area contributed by atoms with Gasteiger partial charge in [0.05, 0.1) is 11.4 Å². The van der Waals surface area contributed by atoms with Crippen molar-refractivity contribution < 1.29 is 17.9 Å². The van der Waals surface area contributed by atoms with Crippen LogP contribution in [0.4, 0.5) is 0 Å². The number of hydrogen-bond donors (Lipinski definition) is 0. The Morgan fingerprint density at radius 2 is 1.81 bits per heavy atom. The monoisotopic (exact) mass is 314 g/mol. The maximum absolute atomic E-state index is 12.3. The molecule has 7 heteroatoms. The number of rotatable bonds is 8. The topological polar surface area (TPSA) is 66.9 Å². The average molecular weight is 314 g/mol. The predicted octanol–water partition coefficient (Wildman–Crippen LogP) is 0.802. The van der Waals surface area contributed by atoms with Crippen LogP contribution < -0.4 is 0 Å². The van der Waals surface area contributed by atoms with Gasteiger partial charge < -0.3 is 9.64 Å². The molecule has 0 unspecified atom stereocenters. The lowest BCUT2D eigenvalue weighted by molar-refractivity contribution is -0.130. The van der Waals surface area contributed by atoms with Gasteiger partial charge in [0.1, 0.15) is 0 Å². The van der Waals surface area contributed by atoms with Crippen LogP contribution in [0, 0.1) is 0 Å². The molecule has 1 amide bonds. The van der Waals surface area contributed by atoms with Crippen molar-refractivity contribution in [3.05, 3.63) is 30.3 Å². The minimum atomic E-state index is -3.63. The number of ether oxygens (including phenoxy) is 1. The molecule has 0 spiro atoms. The molecule has 1 rings (SSSR count). The molecule has 0 aromatic heterocycles. The molecule has 118 valence electrons. The van der Waals surface area contributed by atoms with Crippen LogP contribution in [-0.4, -0.2) is 64.4 Å². The van der Waals surface area contributed by atoms with E-state index in [1.54, 1.807) is 32.4 Å². The van der Waals surface area contributed by atoms with Crippen LogP contribution >= 0.6 is 0 Å². The number of methoxy groups -OCH3 is 1. The van der Waals surface area contributed by atoms with E-state index in [9.17, 15) is 13.2 Å². The van der Waals surface area contributed by atoms with Crippen LogP contribution in [-0.2, 0) is 19.6 Å². The molecule has 0 fully saturated rings. The fraction of sp³-hybridized carbons (Fsp3) is 0.500. The largest absolute Gasteiger partial charge is 0.385 e. The van der Waals surface area contributed by atoms with Crippen LogP contribution in [0.2, 0.25) is 0 Å². The van der Waals surface area contributed by atoms with Crippen molar-refractivity contribution in [1.82, 2.24) is 9.21 Å². The number of benzene rings is 1. The third-order valence-corrected chi connectivity index (χ3v) is 4.89. The highest BCUT2D eigenvalue weighted by molar-refractivity contribution is 7.89. The van der Waals surface area contributed by atoms with Crippen molar-refractivity contribution in [1.29, 1.82) is 0 Å². The first-order chi connectivity index (χ1) is 9.89. The molecule has 0 atom stereocenters. The Balaban J connectivity index is 2.64. The number of carbonyl (C=O) groups is 1. The molecule has 0 radical (unpaired) electrons. The first-order valence-electron chi connectivity index (χ1n) is 6.64. The first-order valence-corrected chi connectivity index (χ1v) is 8.08. The van der Waals surface area contributed by atoms with Crippen molar-refractivity contribution >= 4 is 15.9 Å². The normalized spacial score (nSPS) is 11.6. The Kier molecular flexibility index (Phi) is 6.80. The van der Waals surface area contributed by atoms with Gasteiger partial charge in [0.15, 0.2) is 0 Å². The molecule has 0 saturated carbocycles. The molecule has 0 aliphatic carbocycles. The molecule has 1 aromatic carbocycles. The van der Waals surface area contributed by atoms with E-state index in [0.29, 0.717) is 19.6 Å². The van der Waals surface area contributed by atoms with Crippen LogP contribution in [0.1, 0.15) is 6.42 Å². The minimum absolute atomic E-state index is 0.180. The number of likely N-dealkylation sites (N-methyl/N-ethyl adjacent to an activating group) is 2. The van der Waals surface area contributed by atoms with Crippen molar-refractivity contribution in [3.63, 3.8) is 0 Å². The lowest BCUT2D eigenvalue weighted by Crippen LogP contribution is -2.39. The van der Waals surface area contributed by atoms with E-state index in [1.807, 2.05) is 0 Å². The van der Waals surface area contributed by atoms with E-state index in [-0.39, 0.29) is 17.3 Å². The molecule has 6 nitrogen and oxygen atoms in total. The Morgan fingerprint density at radius 1 is 1.19 bits per heavy atom. The maximum atomic E-state index is 12.3. The zero-order valence-electron chi connectivity index (χ0n) is 12.7. The molecule has 1 aromatic rings. The summed E-state index contributed by atoms with van der Waals surface area (Å²) in [5, 5.41) is 0. The molecule has 0 saturated heterocycles. The maximum Gasteiger partial charge on any atom is 0.243 e. The van der Waals surface area contributed by atoms with Gasteiger partial charge in [0.2, 0.25) is 15.9 Å². The molecule has 0 aliphatic heterocycles. The van der Waals surface area contributed by atoms with Crippen molar-refractivity contribution in [2.24, 2.45) is 0 Å². The second-order valence-electron chi connectivity index (χ2n) is 4.74. The summed E-state index contributed by atoms with van der Waals surface area (Å²) < 4.78 is 30.6. The Morgan fingerprint density at radius 3 is 2.38 bits per heavy atom. The lowest BCUT2D eigenvalue weighted by atomic mass is 10.4. The summed E-state index contributed by atoms with van der Waals surface area (Å²) in [5.41, 5.74) is 0. The quantitative estimate of drug-likeness (QED) is 0.666. The highest BCUT2D eigenvalue weighted by Crippen LogP contribution is 2.13. The van der Waals surface area contributed by atoms with Gasteiger partial charge in [0.25, 0.3) is 0 Å². The van der Waals surface area contributed by atoms with Gasteiger partial charge in [-0.2, -0.15) is 4.31 Å². The summed E-state index contributed by atoms with van der Waals surface area (Å²) in [6.07, 6.45) is 0.716. The van der Waals surface area contributed by atoms with Crippen LogP contribution in [0.15, 0.2) is 35.2 Å². The molecular weight excluding hydrogens is 292 g/mol. The van der Waals surface area contributed by atoms with E-state index >= 15 is 0 Å². The van der Waals surface area contributed by atoms with Crippen LogP contribution in [0.5, 0.6) is 0 Å². The first kappa shape index (κ1) is 17.6. The SMILES string of the molecule is COCCCN(C)C(=O)CN(C)S(=O)(=O)c1ccccc1. The minimum Gasteiger partial charge on any atom is -0.385 e. The van der Waals surface area contributed by atoms with Gasteiger partial charge in [0, 0.05) is 34.4 Å². The third-order valence-electron chi connectivity index (χ3n) is 3.08. The average Bonchev–Trinajstić information content (AvgIpc) is 2.48. The van der Waals surface area contributed by atoms with E-state index < -0.39 is 10.0 Å². The number of sulfonamides is 1. The van der Waals surface area contributed by atoms with Gasteiger partial charge in [-0.1, -0.05) is 18.2 Å². The zero-order chi connectivity index (χ0) is 15.9. The van der Waals surface area contributed by atoms with Gasteiger partial charge in [-0.25, -0.2) is 8.42 Å². The Hall–Kier alpha value is -1.44. The number of hydrogen-bond acceptors (Lipinski definition) is 4. The summed E-state index contributed by atoms with van der Waals surface area (Å²) in [5.74, 6) is -0.242. The summed E-state index contributed by atoms with van der Waals surface area (Å²) >= 11 is 0. The van der Waals surface area contributed by atoms with Gasteiger partial charge in [-0.3, -0.25) is 4.79 Å². The second kappa shape index (κ2) is 8.11. The molecular formula is C14H22N2O4S. The van der Waals surface area contributed by atoms with Crippen LogP contribution in [0.25, 0.3) is 0 Å². The van der Waals surface area contributed by atoms with E-state index in [1.165, 1.54) is 24.1 Å². The summed E-state index contributed by atoms with van der Waals surface area (Å²) in [6.45, 7) is 0.919. The fourth-order valence-corrected chi connectivity index (χ4v) is 2.88. The smallest absolute Gasteiger partial charge is 0.243 e. The van der Waals surface area contributed by atoms with Gasteiger partial charge in [-0.05, 0) is 18.6 Å². The van der Waals surface area contributed by atoms with Crippen molar-refractivity contribution in [2.75, 3.05) is 40.9 Å². The summed E-state index contributed by atoms with van der Waals surface area (Å²) in [4.78, 5) is 13.7. The molecule has 0 aliphatic rings. The predicted molar refractivity (Wildman–Crippen MR) is 80.4 cm³/mol. The van der Waals surface area contributed by atoms with Gasteiger partial charge >= 0.3 is 0 Å². The standard InChI is InChI=1S/C14H22N2O4S/c1-15(10-7-11-20-3)14(17)12-16(2)21(18,19)13-8-5-4-6-9-13/h4-6,8-9H,7,10-12H2,1-3H3. The Bertz CT molecular complexity index is 545. The van der Waals surface area contributed by atoms with Gasteiger partial charge in [-0.15, -0.1) is 0 Å². The molecule has 0 bridgehead atoms. The number of nitrogens with zero attached hydrogens (tertiary/aromatic N) is 2. The molecule has 0 heterocycles. The van der Waals surface area contributed by atoms with E-state index in [4.69, 9.17) is 4.74 Å². The lowest BCUT2D eigenvalue weighted by Gasteiger charge is -2.21. The number of amides is 1. The molecule has 0 N–H and O–H groups in total. The van der Waals surface area contributed by atoms with Crippen LogP contribution in [0.3, 0.4) is 0 Å². The number of carbonyl (C=O) groups excluding carboxylic acids is 1. The highest BCUT2D eigenvalue weighted by atomic mass is 32.2. The summed E-state index contributed by atoms with van der Waals surface area (Å²) in [7, 11) is 1.03. The van der Waals surface area contributed by atoms with E-state index in [0.717, 1.165) is 4.31 Å². The second-order valence-corrected chi connectivity index (χ2v) is 6.78. The fourth-order valence-electron chi connectivity index (χ4n) is 1.74. The van der Waals surface area contributed by atoms with E-state index in [2.05, 4.69) is 0 Å². The summed E-state index contributed by atoms with van der Waals surface area (Å²) in [6, 6.07) is 8.07. The molecule has 21 heavy (non-hydrogen) atoms. The zero-order valence-corrected chi connectivity index (χ0v) is 13.5. The van der Waals surface area contributed by atoms with Crippen molar-refractivity contribution in [3.8, 4) is 0 Å². The third kappa shape index (κ3) is 5.11.